The van der Waals surface area contributed by atoms with E-state index in [4.69, 9.17) is 9.47 Å². The standard InChI is InChI=1S/C21H26N4O4S/c1-6-13(3)25-20(27)19-16(9-12(2)22-19)24-21(25)30-11-18(26)23-15-8-7-14(28-4)10-17(15)29-5/h7-10,13,22H,6,11H2,1-5H3,(H,23,26). The van der Waals surface area contributed by atoms with Gasteiger partial charge in [-0.1, -0.05) is 18.7 Å². The van der Waals surface area contributed by atoms with Crippen molar-refractivity contribution in [3.8, 4) is 11.5 Å². The Balaban J connectivity index is 1.83. The Morgan fingerprint density at radius 1 is 1.30 bits per heavy atom. The van der Waals surface area contributed by atoms with E-state index in [0.29, 0.717) is 33.4 Å². The summed E-state index contributed by atoms with van der Waals surface area (Å²) in [5.74, 6) is 1.02. The molecular weight excluding hydrogens is 404 g/mol. The van der Waals surface area contributed by atoms with Crippen LogP contribution in [0.5, 0.6) is 11.5 Å². The number of carbonyl (C=O) groups is 1. The molecule has 3 rings (SSSR count). The molecule has 1 atom stereocenters. The zero-order valence-corrected chi connectivity index (χ0v) is 18.6. The molecule has 0 spiro atoms. The molecule has 0 saturated heterocycles. The van der Waals surface area contributed by atoms with Gasteiger partial charge in [0.2, 0.25) is 5.91 Å². The summed E-state index contributed by atoms with van der Waals surface area (Å²) in [4.78, 5) is 33.3. The second kappa shape index (κ2) is 9.25. The number of amides is 1. The number of benzene rings is 1. The zero-order chi connectivity index (χ0) is 21.8. The number of aromatic amines is 1. The number of fused-ring (bicyclic) bond motifs is 1. The van der Waals surface area contributed by atoms with Crippen molar-refractivity contribution in [2.75, 3.05) is 25.3 Å². The highest BCUT2D eigenvalue weighted by Crippen LogP contribution is 2.29. The maximum Gasteiger partial charge on any atom is 0.278 e. The Labute approximate surface area is 179 Å². The zero-order valence-electron chi connectivity index (χ0n) is 17.7. The lowest BCUT2D eigenvalue weighted by atomic mass is 10.2. The molecular formula is C21H26N4O4S. The Morgan fingerprint density at radius 3 is 2.73 bits per heavy atom. The molecule has 0 radical (unpaired) electrons. The van der Waals surface area contributed by atoms with Crippen LogP contribution in [0.3, 0.4) is 0 Å². The van der Waals surface area contributed by atoms with Gasteiger partial charge in [0.25, 0.3) is 5.56 Å². The average Bonchev–Trinajstić information content (AvgIpc) is 3.12. The minimum atomic E-state index is -0.223. The van der Waals surface area contributed by atoms with E-state index in [1.807, 2.05) is 26.8 Å². The van der Waals surface area contributed by atoms with Gasteiger partial charge in [-0.3, -0.25) is 14.2 Å². The van der Waals surface area contributed by atoms with Crippen LogP contribution >= 0.6 is 11.8 Å². The van der Waals surface area contributed by atoms with Gasteiger partial charge < -0.3 is 19.8 Å². The van der Waals surface area contributed by atoms with E-state index in [2.05, 4.69) is 15.3 Å². The van der Waals surface area contributed by atoms with Crippen LogP contribution in [0.1, 0.15) is 32.0 Å². The van der Waals surface area contributed by atoms with E-state index < -0.39 is 0 Å². The van der Waals surface area contributed by atoms with E-state index in [1.165, 1.54) is 18.9 Å². The number of methoxy groups -OCH3 is 2. The molecule has 0 aliphatic rings. The quantitative estimate of drug-likeness (QED) is 0.417. The molecule has 1 unspecified atom stereocenters. The largest absolute Gasteiger partial charge is 0.497 e. The van der Waals surface area contributed by atoms with Crippen LogP contribution in [0.4, 0.5) is 5.69 Å². The molecule has 8 nitrogen and oxygen atoms in total. The van der Waals surface area contributed by atoms with Gasteiger partial charge in [-0.15, -0.1) is 0 Å². The fourth-order valence-corrected chi connectivity index (χ4v) is 3.98. The number of carbonyl (C=O) groups excluding carboxylic acids is 1. The minimum absolute atomic E-state index is 0.0368. The summed E-state index contributed by atoms with van der Waals surface area (Å²) in [6.45, 7) is 5.87. The van der Waals surface area contributed by atoms with E-state index in [0.717, 1.165) is 12.1 Å². The third-order valence-corrected chi connectivity index (χ3v) is 5.79. The average molecular weight is 431 g/mol. The maximum atomic E-state index is 13.0. The molecule has 0 saturated carbocycles. The maximum absolute atomic E-state index is 13.0. The highest BCUT2D eigenvalue weighted by Gasteiger charge is 2.18. The summed E-state index contributed by atoms with van der Waals surface area (Å²) in [6.07, 6.45) is 0.773. The third kappa shape index (κ3) is 4.46. The second-order valence-corrected chi connectivity index (χ2v) is 7.88. The molecule has 3 aromatic rings. The topological polar surface area (TPSA) is 98.2 Å². The molecule has 0 aliphatic heterocycles. The molecule has 0 bridgehead atoms. The second-order valence-electron chi connectivity index (χ2n) is 6.94. The first-order valence-corrected chi connectivity index (χ1v) is 10.6. The molecule has 1 aromatic carbocycles. The van der Waals surface area contributed by atoms with Crippen LogP contribution in [0.2, 0.25) is 0 Å². The molecule has 2 N–H and O–H groups in total. The molecule has 9 heteroatoms. The Bertz CT molecular complexity index is 1120. The van der Waals surface area contributed by atoms with E-state index in [-0.39, 0.29) is 23.3 Å². The van der Waals surface area contributed by atoms with E-state index >= 15 is 0 Å². The number of hydrogen-bond acceptors (Lipinski definition) is 6. The first kappa shape index (κ1) is 21.8. The van der Waals surface area contributed by atoms with Gasteiger partial charge in [0.05, 0.1) is 31.2 Å². The fourth-order valence-electron chi connectivity index (χ4n) is 3.08. The summed E-state index contributed by atoms with van der Waals surface area (Å²) >= 11 is 1.24. The smallest absolute Gasteiger partial charge is 0.278 e. The first-order chi connectivity index (χ1) is 14.4. The molecule has 2 aromatic heterocycles. The van der Waals surface area contributed by atoms with Crippen molar-refractivity contribution in [1.82, 2.24) is 14.5 Å². The minimum Gasteiger partial charge on any atom is -0.497 e. The van der Waals surface area contributed by atoms with Crippen molar-refractivity contribution in [1.29, 1.82) is 0 Å². The van der Waals surface area contributed by atoms with Gasteiger partial charge in [-0.05, 0) is 38.5 Å². The van der Waals surface area contributed by atoms with Gasteiger partial charge in [0.1, 0.15) is 17.0 Å². The number of H-pyrrole nitrogens is 1. The summed E-state index contributed by atoms with van der Waals surface area (Å²) in [5.41, 5.74) is 2.40. The van der Waals surface area contributed by atoms with Crippen LogP contribution in [-0.4, -0.2) is 40.4 Å². The fraction of sp³-hybridized carbons (Fsp3) is 0.381. The summed E-state index contributed by atoms with van der Waals surface area (Å²) in [6, 6.07) is 6.97. The van der Waals surface area contributed by atoms with Crippen molar-refractivity contribution >= 4 is 34.4 Å². The summed E-state index contributed by atoms with van der Waals surface area (Å²) in [5, 5.41) is 3.37. The lowest BCUT2D eigenvalue weighted by molar-refractivity contribution is -0.113. The molecule has 0 fully saturated rings. The highest BCUT2D eigenvalue weighted by atomic mass is 32.2. The highest BCUT2D eigenvalue weighted by molar-refractivity contribution is 7.99. The normalized spacial score (nSPS) is 12.0. The Morgan fingerprint density at radius 2 is 2.07 bits per heavy atom. The lowest BCUT2D eigenvalue weighted by Crippen LogP contribution is -2.26. The first-order valence-electron chi connectivity index (χ1n) is 9.64. The van der Waals surface area contributed by atoms with Gasteiger partial charge in [-0.25, -0.2) is 4.98 Å². The predicted molar refractivity (Wildman–Crippen MR) is 119 cm³/mol. The number of nitrogens with one attached hydrogen (secondary N) is 2. The number of thioether (sulfide) groups is 1. The van der Waals surface area contributed by atoms with E-state index in [1.54, 1.807) is 29.9 Å². The predicted octanol–water partition coefficient (Wildman–Crippen LogP) is 3.75. The number of nitrogens with zero attached hydrogens (tertiary/aromatic N) is 2. The third-order valence-electron chi connectivity index (χ3n) is 4.83. The van der Waals surface area contributed by atoms with Crippen LogP contribution in [0, 0.1) is 6.92 Å². The molecule has 0 aliphatic carbocycles. The molecule has 160 valence electrons. The number of anilines is 1. The van der Waals surface area contributed by atoms with Crippen molar-refractivity contribution in [2.45, 2.75) is 38.4 Å². The van der Waals surface area contributed by atoms with Crippen LogP contribution in [0.15, 0.2) is 34.2 Å². The molecule has 30 heavy (non-hydrogen) atoms. The Kier molecular flexibility index (Phi) is 6.71. The summed E-state index contributed by atoms with van der Waals surface area (Å²) in [7, 11) is 3.10. The van der Waals surface area contributed by atoms with Crippen LogP contribution < -0.4 is 20.3 Å². The van der Waals surface area contributed by atoms with Gasteiger partial charge in [0.15, 0.2) is 5.16 Å². The number of aryl methyl sites for hydroxylation is 1. The summed E-state index contributed by atoms with van der Waals surface area (Å²) < 4.78 is 12.2. The van der Waals surface area contributed by atoms with Crippen molar-refractivity contribution in [3.05, 3.63) is 40.3 Å². The van der Waals surface area contributed by atoms with Gasteiger partial charge in [-0.2, -0.15) is 0 Å². The van der Waals surface area contributed by atoms with E-state index in [9.17, 15) is 9.59 Å². The van der Waals surface area contributed by atoms with Gasteiger partial charge >= 0.3 is 0 Å². The van der Waals surface area contributed by atoms with Crippen LogP contribution in [0.25, 0.3) is 11.0 Å². The molecule has 1 amide bonds. The monoisotopic (exact) mass is 430 g/mol. The van der Waals surface area contributed by atoms with Crippen molar-refractivity contribution < 1.29 is 14.3 Å². The van der Waals surface area contributed by atoms with Crippen molar-refractivity contribution in [3.63, 3.8) is 0 Å². The molecule has 2 heterocycles. The number of hydrogen-bond donors (Lipinski definition) is 2. The van der Waals surface area contributed by atoms with Crippen molar-refractivity contribution in [2.24, 2.45) is 0 Å². The number of aromatic nitrogens is 3. The number of ether oxygens (including phenoxy) is 2. The lowest BCUT2D eigenvalue weighted by Gasteiger charge is -2.17. The Hall–Kier alpha value is -2.94. The van der Waals surface area contributed by atoms with Crippen LogP contribution in [-0.2, 0) is 4.79 Å². The van der Waals surface area contributed by atoms with Gasteiger partial charge in [0, 0.05) is 17.8 Å². The SMILES string of the molecule is CCC(C)n1c(SCC(=O)Nc2ccc(OC)cc2OC)nc2cc(C)[nH]c2c1=O. The number of rotatable bonds is 8.